The van der Waals surface area contributed by atoms with Gasteiger partial charge in [-0.3, -0.25) is 9.98 Å². The van der Waals surface area contributed by atoms with Gasteiger partial charge in [-0.15, -0.1) is 0 Å². The zero-order valence-corrected chi connectivity index (χ0v) is 16.9. The number of nitrogens with one attached hydrogen (secondary N) is 2. The number of amides is 1. The van der Waals surface area contributed by atoms with Crippen LogP contribution in [0.2, 0.25) is 0 Å². The summed E-state index contributed by atoms with van der Waals surface area (Å²) in [4.78, 5) is 41.4. The Morgan fingerprint density at radius 1 is 1.29 bits per heavy atom. The lowest BCUT2D eigenvalue weighted by atomic mass is 10.3. The number of carbonyl (C=O) groups is 1. The van der Waals surface area contributed by atoms with E-state index < -0.39 is 5.69 Å². The van der Waals surface area contributed by atoms with E-state index in [1.807, 2.05) is 6.07 Å². The minimum Gasteiger partial charge on any atom is -0.493 e. The Bertz CT molecular complexity index is 1310. The number of aromatic nitrogens is 5. The molecule has 1 saturated carbocycles. The van der Waals surface area contributed by atoms with Crippen LogP contribution in [0.5, 0.6) is 5.88 Å². The number of methoxy groups -OCH3 is 1. The van der Waals surface area contributed by atoms with Crippen LogP contribution in [-0.4, -0.2) is 80.0 Å². The highest BCUT2D eigenvalue weighted by molar-refractivity contribution is 5.68. The topological polar surface area (TPSA) is 144 Å². The molecular weight excluding hydrogens is 404 g/mol. The number of aromatic hydroxyl groups is 1. The lowest BCUT2D eigenvalue weighted by molar-refractivity contribution is 0.121. The summed E-state index contributed by atoms with van der Waals surface area (Å²) in [5, 5.41) is 15.0. The van der Waals surface area contributed by atoms with Crippen molar-refractivity contribution in [1.82, 2.24) is 29.5 Å². The second kappa shape index (κ2) is 7.45. The molecule has 3 N–H and O–H groups in total. The van der Waals surface area contributed by atoms with Gasteiger partial charge in [0.15, 0.2) is 11.1 Å². The van der Waals surface area contributed by atoms with E-state index in [4.69, 9.17) is 14.7 Å². The Hall–Kier alpha value is -3.83. The molecule has 2 fully saturated rings. The van der Waals surface area contributed by atoms with Gasteiger partial charge in [0.2, 0.25) is 5.88 Å². The van der Waals surface area contributed by atoms with Crippen molar-refractivity contribution in [3.8, 4) is 5.88 Å². The summed E-state index contributed by atoms with van der Waals surface area (Å²) in [5.41, 5.74) is 1.01. The number of rotatable bonds is 3. The predicted octanol–water partition coefficient (Wildman–Crippen LogP) is -1.05. The molecule has 1 aliphatic heterocycles. The fourth-order valence-electron chi connectivity index (χ4n) is 3.59. The van der Waals surface area contributed by atoms with Crippen LogP contribution in [0.1, 0.15) is 18.5 Å². The Labute approximate surface area is 175 Å². The number of piperazine rings is 1. The standard InChI is InChI=1S/C19H22N8O4/c1-31-19(30)26-6-4-25(5-7-26)14-9-15(21-12-2-3-12)27-16(23-14)11(10-20-27)8-13-17(28)24-18(29)22-13/h8-10,12,28H,2-7H2,1H3,(H2,22,24,29). The summed E-state index contributed by atoms with van der Waals surface area (Å²) in [5.74, 6) is 0.487. The minimum absolute atomic E-state index is 0.248. The Morgan fingerprint density at radius 2 is 2.06 bits per heavy atom. The second-order valence-electron chi connectivity index (χ2n) is 7.60. The molecule has 0 aromatic carbocycles. The quantitative estimate of drug-likeness (QED) is 0.485. The van der Waals surface area contributed by atoms with Gasteiger partial charge in [0.25, 0.3) is 0 Å². The second-order valence-corrected chi connectivity index (χ2v) is 7.60. The van der Waals surface area contributed by atoms with Crippen LogP contribution in [0.3, 0.4) is 0 Å². The third-order valence-corrected chi connectivity index (χ3v) is 5.40. The monoisotopic (exact) mass is 426 g/mol. The highest BCUT2D eigenvalue weighted by Gasteiger charge is 2.24. The highest BCUT2D eigenvalue weighted by atomic mass is 16.5. The SMILES string of the molecule is COC(=O)N1CCN(c2cc(=NC3CC3)n3ncc(=Cc4[nH]c(=O)[nH]c4O)c3n2)CC1. The van der Waals surface area contributed by atoms with Gasteiger partial charge in [-0.25, -0.2) is 14.6 Å². The van der Waals surface area contributed by atoms with Gasteiger partial charge in [0, 0.05) is 37.5 Å². The van der Waals surface area contributed by atoms with Gasteiger partial charge in [-0.2, -0.15) is 9.61 Å². The molecule has 12 heteroatoms. The molecule has 0 spiro atoms. The van der Waals surface area contributed by atoms with Crippen molar-refractivity contribution in [2.24, 2.45) is 4.99 Å². The normalized spacial score (nSPS) is 18.2. The molecule has 5 rings (SSSR count). The average molecular weight is 426 g/mol. The first-order valence-corrected chi connectivity index (χ1v) is 10.1. The summed E-state index contributed by atoms with van der Waals surface area (Å²) in [6.07, 6.45) is 5.01. The van der Waals surface area contributed by atoms with Crippen molar-refractivity contribution in [1.29, 1.82) is 0 Å². The molecule has 3 aromatic rings. The summed E-state index contributed by atoms with van der Waals surface area (Å²) in [7, 11) is 1.38. The van der Waals surface area contributed by atoms with Gasteiger partial charge < -0.3 is 24.6 Å². The molecule has 1 aliphatic carbocycles. The van der Waals surface area contributed by atoms with E-state index in [-0.39, 0.29) is 23.7 Å². The third kappa shape index (κ3) is 3.71. The van der Waals surface area contributed by atoms with Crippen molar-refractivity contribution in [3.63, 3.8) is 0 Å². The van der Waals surface area contributed by atoms with Crippen LogP contribution in [0, 0.1) is 0 Å². The molecule has 1 saturated heterocycles. The van der Waals surface area contributed by atoms with E-state index in [1.165, 1.54) is 7.11 Å². The molecule has 12 nitrogen and oxygen atoms in total. The van der Waals surface area contributed by atoms with Crippen LogP contribution in [0.25, 0.3) is 11.7 Å². The van der Waals surface area contributed by atoms with Crippen molar-refractivity contribution in [3.05, 3.63) is 39.1 Å². The number of anilines is 1. The lowest BCUT2D eigenvalue weighted by Gasteiger charge is -2.34. The average Bonchev–Trinajstić information content (AvgIpc) is 3.41. The van der Waals surface area contributed by atoms with E-state index in [0.717, 1.165) is 18.7 Å². The smallest absolute Gasteiger partial charge is 0.409 e. The number of hydrogen-bond acceptors (Lipinski definition) is 8. The van der Waals surface area contributed by atoms with Gasteiger partial charge in [-0.1, -0.05) is 0 Å². The van der Waals surface area contributed by atoms with Crippen LogP contribution in [0.15, 0.2) is 22.1 Å². The summed E-state index contributed by atoms with van der Waals surface area (Å²) >= 11 is 0. The minimum atomic E-state index is -0.498. The number of nitrogens with zero attached hydrogens (tertiary/aromatic N) is 6. The van der Waals surface area contributed by atoms with Crippen molar-refractivity contribution < 1.29 is 14.6 Å². The highest BCUT2D eigenvalue weighted by Crippen LogP contribution is 2.22. The maximum Gasteiger partial charge on any atom is 0.409 e. The van der Waals surface area contributed by atoms with Gasteiger partial charge >= 0.3 is 11.8 Å². The summed E-state index contributed by atoms with van der Waals surface area (Å²) < 4.78 is 6.47. The molecule has 2 aliphatic rings. The number of fused-ring (bicyclic) bond motifs is 1. The Balaban J connectivity index is 1.57. The third-order valence-electron chi connectivity index (χ3n) is 5.40. The maximum atomic E-state index is 11.8. The zero-order valence-electron chi connectivity index (χ0n) is 16.9. The van der Waals surface area contributed by atoms with Gasteiger partial charge in [0.05, 0.1) is 19.3 Å². The number of ether oxygens (including phenoxy) is 1. The molecular formula is C19H22N8O4. The van der Waals surface area contributed by atoms with Crippen LogP contribution in [-0.2, 0) is 4.74 Å². The largest absolute Gasteiger partial charge is 0.493 e. The number of hydrogen-bond donors (Lipinski definition) is 3. The molecule has 0 unspecified atom stereocenters. The number of imidazole rings is 1. The van der Waals surface area contributed by atoms with E-state index in [1.54, 1.807) is 21.7 Å². The number of aromatic amines is 2. The van der Waals surface area contributed by atoms with Gasteiger partial charge in [0.1, 0.15) is 11.5 Å². The molecule has 3 aromatic heterocycles. The molecule has 1 amide bonds. The zero-order chi connectivity index (χ0) is 21.5. The van der Waals surface area contributed by atoms with E-state index in [0.29, 0.717) is 42.5 Å². The molecule has 0 radical (unpaired) electrons. The summed E-state index contributed by atoms with van der Waals surface area (Å²) in [6.45, 7) is 2.29. The predicted molar refractivity (Wildman–Crippen MR) is 110 cm³/mol. The van der Waals surface area contributed by atoms with Crippen LogP contribution in [0.4, 0.5) is 10.6 Å². The van der Waals surface area contributed by atoms with Crippen LogP contribution < -0.4 is 21.3 Å². The fourth-order valence-corrected chi connectivity index (χ4v) is 3.59. The van der Waals surface area contributed by atoms with Gasteiger partial charge in [-0.05, 0) is 18.9 Å². The van der Waals surface area contributed by atoms with E-state index in [2.05, 4.69) is 20.0 Å². The Kier molecular flexibility index (Phi) is 4.60. The first-order valence-electron chi connectivity index (χ1n) is 10.1. The first-order chi connectivity index (χ1) is 15.0. The lowest BCUT2D eigenvalue weighted by Crippen LogP contribution is -2.49. The van der Waals surface area contributed by atoms with Crippen molar-refractivity contribution >= 4 is 23.6 Å². The number of carbonyl (C=O) groups excluding carboxylic acids is 1. The van der Waals surface area contributed by atoms with Crippen LogP contribution >= 0.6 is 0 Å². The molecule has 4 heterocycles. The fraction of sp³-hybridized carbons (Fsp3) is 0.421. The molecule has 0 atom stereocenters. The Morgan fingerprint density at radius 3 is 2.71 bits per heavy atom. The van der Waals surface area contributed by atoms with Crippen molar-refractivity contribution in [2.75, 3.05) is 38.2 Å². The maximum absolute atomic E-state index is 11.8. The molecule has 31 heavy (non-hydrogen) atoms. The van der Waals surface area contributed by atoms with E-state index in [9.17, 15) is 14.7 Å². The molecule has 0 bridgehead atoms. The number of H-pyrrole nitrogens is 2. The van der Waals surface area contributed by atoms with Crippen molar-refractivity contribution in [2.45, 2.75) is 18.9 Å². The van der Waals surface area contributed by atoms with E-state index >= 15 is 0 Å². The summed E-state index contributed by atoms with van der Waals surface area (Å²) in [6, 6.07) is 2.20. The molecule has 162 valence electrons. The first kappa shape index (κ1) is 19.2.